The van der Waals surface area contributed by atoms with Crippen LogP contribution < -0.4 is 4.74 Å². The molecular formula is C21H18INO2. The number of carbonyl (C=O) groups is 1. The fourth-order valence-electron chi connectivity index (χ4n) is 3.43. The van der Waals surface area contributed by atoms with Gasteiger partial charge in [-0.1, -0.05) is 36.8 Å². The smallest absolute Gasteiger partial charge is 0.227 e. The highest BCUT2D eigenvalue weighted by Crippen LogP contribution is 2.41. The van der Waals surface area contributed by atoms with Gasteiger partial charge in [-0.25, -0.2) is 0 Å². The van der Waals surface area contributed by atoms with Crippen LogP contribution in [0.15, 0.2) is 60.8 Å². The molecule has 25 heavy (non-hydrogen) atoms. The van der Waals surface area contributed by atoms with Gasteiger partial charge in [0.25, 0.3) is 0 Å². The molecular weight excluding hydrogens is 425 g/mol. The fourth-order valence-corrected chi connectivity index (χ4v) is 3.91. The highest BCUT2D eigenvalue weighted by Gasteiger charge is 2.45. The normalized spacial score (nSPS) is 18.9. The maximum absolute atomic E-state index is 13.5. The van der Waals surface area contributed by atoms with E-state index in [4.69, 9.17) is 4.74 Å². The maximum atomic E-state index is 13.5. The van der Waals surface area contributed by atoms with Gasteiger partial charge in [-0.3, -0.25) is 4.79 Å². The lowest BCUT2D eigenvalue weighted by atomic mass is 9.85. The van der Waals surface area contributed by atoms with E-state index < -0.39 is 5.60 Å². The minimum atomic E-state index is -1.01. The molecule has 1 atom stereocenters. The summed E-state index contributed by atoms with van der Waals surface area (Å²) in [4.78, 5) is 13.5. The Bertz CT molecular complexity index is 958. The highest BCUT2D eigenvalue weighted by atomic mass is 127. The summed E-state index contributed by atoms with van der Waals surface area (Å²) in [5, 5.41) is 0. The van der Waals surface area contributed by atoms with E-state index >= 15 is 0 Å². The molecule has 0 N–H and O–H groups in total. The molecule has 0 radical (unpaired) electrons. The molecule has 126 valence electrons. The standard InChI is InChI=1S/C21H18INO2/c1-3-21(15-8-6-14(2)7-9-15)20(24)17-5-4-12-23(17)18-13-16(22)10-11-19(18)25-21/h4-13H,3H2,1-2H3/t21-/m1/s1. The van der Waals surface area contributed by atoms with E-state index in [0.29, 0.717) is 12.1 Å². The molecule has 0 saturated carbocycles. The van der Waals surface area contributed by atoms with Gasteiger partial charge in [0, 0.05) is 15.3 Å². The average molecular weight is 443 g/mol. The summed E-state index contributed by atoms with van der Waals surface area (Å²) in [7, 11) is 0. The molecule has 1 aliphatic heterocycles. The summed E-state index contributed by atoms with van der Waals surface area (Å²) in [6.07, 6.45) is 2.48. The van der Waals surface area contributed by atoms with Crippen LogP contribution in [0.1, 0.15) is 35.0 Å². The quantitative estimate of drug-likeness (QED) is 0.506. The molecule has 0 aliphatic carbocycles. The molecule has 2 heterocycles. The topological polar surface area (TPSA) is 31.2 Å². The van der Waals surface area contributed by atoms with Crippen molar-refractivity contribution < 1.29 is 9.53 Å². The Balaban J connectivity index is 2.00. The third-order valence-electron chi connectivity index (χ3n) is 4.83. The third kappa shape index (κ3) is 2.51. The number of fused-ring (bicyclic) bond motifs is 3. The molecule has 0 unspecified atom stereocenters. The zero-order chi connectivity index (χ0) is 17.6. The van der Waals surface area contributed by atoms with E-state index in [1.807, 2.05) is 79.2 Å². The Morgan fingerprint density at radius 1 is 1.12 bits per heavy atom. The Morgan fingerprint density at radius 3 is 2.60 bits per heavy atom. The van der Waals surface area contributed by atoms with Gasteiger partial charge >= 0.3 is 0 Å². The van der Waals surface area contributed by atoms with E-state index in [0.717, 1.165) is 26.1 Å². The first-order valence-electron chi connectivity index (χ1n) is 8.33. The lowest BCUT2D eigenvalue weighted by Crippen LogP contribution is -2.41. The average Bonchev–Trinajstić information content (AvgIpc) is 3.07. The van der Waals surface area contributed by atoms with Crippen LogP contribution in [-0.4, -0.2) is 10.4 Å². The van der Waals surface area contributed by atoms with Crippen LogP contribution in [0.4, 0.5) is 0 Å². The van der Waals surface area contributed by atoms with Gasteiger partial charge in [0.15, 0.2) is 5.60 Å². The van der Waals surface area contributed by atoms with Gasteiger partial charge in [0.05, 0.1) is 11.4 Å². The highest BCUT2D eigenvalue weighted by molar-refractivity contribution is 14.1. The minimum Gasteiger partial charge on any atom is -0.472 e. The van der Waals surface area contributed by atoms with Gasteiger partial charge < -0.3 is 9.30 Å². The molecule has 3 nitrogen and oxygen atoms in total. The van der Waals surface area contributed by atoms with Crippen LogP contribution in [-0.2, 0) is 5.60 Å². The molecule has 1 aromatic heterocycles. The lowest BCUT2D eigenvalue weighted by molar-refractivity contribution is 0.0424. The summed E-state index contributed by atoms with van der Waals surface area (Å²) in [6.45, 7) is 4.04. The predicted octanol–water partition coefficient (Wildman–Crippen LogP) is 5.27. The number of ketones is 1. The van der Waals surface area contributed by atoms with Gasteiger partial charge in [0.1, 0.15) is 5.75 Å². The zero-order valence-corrected chi connectivity index (χ0v) is 16.3. The fraction of sp³-hybridized carbons (Fsp3) is 0.190. The molecule has 3 aromatic rings. The van der Waals surface area contributed by atoms with E-state index in [9.17, 15) is 4.79 Å². The molecule has 0 bridgehead atoms. The van der Waals surface area contributed by atoms with Crippen molar-refractivity contribution in [2.75, 3.05) is 0 Å². The number of aromatic nitrogens is 1. The maximum Gasteiger partial charge on any atom is 0.227 e. The Kier molecular flexibility index (Phi) is 3.95. The summed E-state index contributed by atoms with van der Waals surface area (Å²) in [5.41, 5.74) is 2.60. The van der Waals surface area contributed by atoms with E-state index in [1.54, 1.807) is 0 Å². The minimum absolute atomic E-state index is 0.00457. The number of carbonyl (C=O) groups excluding carboxylic acids is 1. The van der Waals surface area contributed by atoms with Gasteiger partial charge in [-0.2, -0.15) is 0 Å². The third-order valence-corrected chi connectivity index (χ3v) is 5.50. The first-order valence-corrected chi connectivity index (χ1v) is 9.41. The number of benzene rings is 2. The number of nitrogens with zero attached hydrogens (tertiary/aromatic N) is 1. The summed E-state index contributed by atoms with van der Waals surface area (Å²) < 4.78 is 9.49. The van der Waals surface area contributed by atoms with Crippen molar-refractivity contribution in [1.82, 2.24) is 4.57 Å². The molecule has 4 rings (SSSR count). The van der Waals surface area contributed by atoms with Crippen LogP contribution in [0.3, 0.4) is 0 Å². The summed E-state index contributed by atoms with van der Waals surface area (Å²) in [5.74, 6) is 0.723. The first kappa shape index (κ1) is 16.4. The van der Waals surface area contributed by atoms with Crippen molar-refractivity contribution in [2.45, 2.75) is 25.9 Å². The van der Waals surface area contributed by atoms with Crippen LogP contribution in [0.5, 0.6) is 5.75 Å². The second-order valence-corrected chi connectivity index (χ2v) is 7.60. The van der Waals surface area contributed by atoms with Crippen LogP contribution >= 0.6 is 22.6 Å². The van der Waals surface area contributed by atoms with Crippen molar-refractivity contribution in [2.24, 2.45) is 0 Å². The molecule has 0 fully saturated rings. The second kappa shape index (κ2) is 6.02. The first-order chi connectivity index (χ1) is 12.0. The summed E-state index contributed by atoms with van der Waals surface area (Å²) in [6, 6.07) is 17.9. The zero-order valence-electron chi connectivity index (χ0n) is 14.1. The van der Waals surface area contributed by atoms with Gasteiger partial charge in [-0.05, 0) is 66.3 Å². The molecule has 0 spiro atoms. The van der Waals surface area contributed by atoms with Crippen molar-refractivity contribution in [3.05, 3.63) is 81.2 Å². The van der Waals surface area contributed by atoms with E-state index in [-0.39, 0.29) is 5.78 Å². The van der Waals surface area contributed by atoms with E-state index in [1.165, 1.54) is 0 Å². The number of rotatable bonds is 2. The van der Waals surface area contributed by atoms with E-state index in [2.05, 4.69) is 22.6 Å². The number of aryl methyl sites for hydroxylation is 1. The predicted molar refractivity (Wildman–Crippen MR) is 107 cm³/mol. The Hall–Kier alpha value is -2.08. The van der Waals surface area contributed by atoms with Crippen LogP contribution in [0.25, 0.3) is 5.69 Å². The van der Waals surface area contributed by atoms with Crippen molar-refractivity contribution >= 4 is 28.4 Å². The summed E-state index contributed by atoms with van der Waals surface area (Å²) >= 11 is 2.28. The number of ether oxygens (including phenoxy) is 1. The second-order valence-electron chi connectivity index (χ2n) is 6.35. The van der Waals surface area contributed by atoms with Crippen LogP contribution in [0, 0.1) is 10.5 Å². The molecule has 1 aliphatic rings. The SMILES string of the molecule is CC[C@]1(c2ccc(C)cc2)Oc2ccc(I)cc2-n2cccc2C1=O. The number of hydrogen-bond donors (Lipinski definition) is 0. The molecule has 2 aromatic carbocycles. The van der Waals surface area contributed by atoms with Crippen molar-refractivity contribution in [3.8, 4) is 11.4 Å². The molecule has 0 saturated heterocycles. The van der Waals surface area contributed by atoms with Crippen molar-refractivity contribution in [3.63, 3.8) is 0 Å². The Labute approximate surface area is 160 Å². The largest absolute Gasteiger partial charge is 0.472 e. The Morgan fingerprint density at radius 2 is 1.88 bits per heavy atom. The monoisotopic (exact) mass is 443 g/mol. The number of Topliss-reactive ketones (excluding diaryl/α,β-unsaturated/α-hetero) is 1. The number of hydrogen-bond acceptors (Lipinski definition) is 2. The lowest BCUT2D eigenvalue weighted by Gasteiger charge is -2.31. The molecule has 0 amide bonds. The van der Waals surface area contributed by atoms with Gasteiger partial charge in [0.2, 0.25) is 5.78 Å². The van der Waals surface area contributed by atoms with Crippen molar-refractivity contribution in [1.29, 1.82) is 0 Å². The number of halogens is 1. The van der Waals surface area contributed by atoms with Crippen LogP contribution in [0.2, 0.25) is 0 Å². The van der Waals surface area contributed by atoms with Gasteiger partial charge in [-0.15, -0.1) is 0 Å². The molecule has 4 heteroatoms.